The zero-order valence-electron chi connectivity index (χ0n) is 8.09. The first-order valence-corrected chi connectivity index (χ1v) is 5.40. The third-order valence-electron chi connectivity index (χ3n) is 2.68. The minimum atomic E-state index is -0.0223. The monoisotopic (exact) mass is 256 g/mol. The summed E-state index contributed by atoms with van der Waals surface area (Å²) in [6.45, 7) is 1.84. The number of hydrogen-bond acceptors (Lipinski definition) is 3. The second-order valence-electron chi connectivity index (χ2n) is 3.62. The second-order valence-corrected chi connectivity index (χ2v) is 4.37. The molecule has 2 rings (SSSR count). The van der Waals surface area contributed by atoms with Crippen LogP contribution in [0.2, 0.25) is 0 Å². The van der Waals surface area contributed by atoms with E-state index in [1.165, 1.54) is 5.56 Å². The molecule has 0 aromatic carbocycles. The van der Waals surface area contributed by atoms with Gasteiger partial charge in [0.1, 0.15) is 4.60 Å². The van der Waals surface area contributed by atoms with Crippen molar-refractivity contribution in [3.05, 3.63) is 28.5 Å². The summed E-state index contributed by atoms with van der Waals surface area (Å²) in [7, 11) is 1.77. The van der Waals surface area contributed by atoms with E-state index in [0.29, 0.717) is 0 Å². The third-order valence-corrected chi connectivity index (χ3v) is 3.39. The van der Waals surface area contributed by atoms with Crippen molar-refractivity contribution in [2.45, 2.75) is 12.0 Å². The van der Waals surface area contributed by atoms with Gasteiger partial charge < -0.3 is 10.1 Å². The number of aromatic nitrogens is 1. The molecule has 0 radical (unpaired) electrons. The summed E-state index contributed by atoms with van der Waals surface area (Å²) in [4.78, 5) is 4.20. The average molecular weight is 257 g/mol. The summed E-state index contributed by atoms with van der Waals surface area (Å²) in [5, 5.41) is 3.23. The van der Waals surface area contributed by atoms with Crippen molar-refractivity contribution in [3.8, 4) is 0 Å². The van der Waals surface area contributed by atoms with E-state index >= 15 is 0 Å². The Morgan fingerprint density at radius 2 is 2.43 bits per heavy atom. The highest BCUT2D eigenvalue weighted by Gasteiger charge is 2.37. The first-order valence-electron chi connectivity index (χ1n) is 4.61. The van der Waals surface area contributed by atoms with Gasteiger partial charge in [-0.3, -0.25) is 0 Å². The Bertz CT molecular complexity index is 320. The molecular formula is C10H13BrN2O. The van der Waals surface area contributed by atoms with E-state index in [9.17, 15) is 0 Å². The molecule has 0 saturated carbocycles. The molecule has 4 heteroatoms. The molecule has 1 N–H and O–H groups in total. The summed E-state index contributed by atoms with van der Waals surface area (Å²) >= 11 is 3.44. The van der Waals surface area contributed by atoms with Gasteiger partial charge in [0.25, 0.3) is 0 Å². The highest BCUT2D eigenvalue weighted by atomic mass is 79.9. The second kappa shape index (κ2) is 3.96. The molecule has 0 bridgehead atoms. The topological polar surface area (TPSA) is 34.1 Å². The van der Waals surface area contributed by atoms with Gasteiger partial charge in [0.05, 0.1) is 5.60 Å². The van der Waals surface area contributed by atoms with E-state index in [-0.39, 0.29) is 5.60 Å². The Hall–Kier alpha value is -0.450. The summed E-state index contributed by atoms with van der Waals surface area (Å²) in [6, 6.07) is 4.03. The minimum Gasteiger partial charge on any atom is -0.375 e. The molecule has 1 fully saturated rings. The van der Waals surface area contributed by atoms with Gasteiger partial charge in [-0.1, -0.05) is 6.07 Å². The van der Waals surface area contributed by atoms with Crippen LogP contribution in [-0.4, -0.2) is 30.8 Å². The lowest BCUT2D eigenvalue weighted by Crippen LogP contribution is -2.61. The normalized spacial score (nSPS) is 19.0. The van der Waals surface area contributed by atoms with Crippen molar-refractivity contribution >= 4 is 15.9 Å². The van der Waals surface area contributed by atoms with Gasteiger partial charge in [-0.2, -0.15) is 0 Å². The molecule has 2 heterocycles. The molecular weight excluding hydrogens is 244 g/mol. The van der Waals surface area contributed by atoms with Crippen molar-refractivity contribution in [1.29, 1.82) is 0 Å². The molecule has 3 nitrogen and oxygen atoms in total. The third kappa shape index (κ3) is 1.82. The van der Waals surface area contributed by atoms with Crippen LogP contribution in [0.5, 0.6) is 0 Å². The highest BCUT2D eigenvalue weighted by Crippen LogP contribution is 2.24. The number of hydrogen-bond donors (Lipinski definition) is 1. The van der Waals surface area contributed by atoms with Crippen molar-refractivity contribution in [1.82, 2.24) is 10.3 Å². The Balaban J connectivity index is 2.13. The van der Waals surface area contributed by atoms with Crippen molar-refractivity contribution in [3.63, 3.8) is 0 Å². The van der Waals surface area contributed by atoms with Gasteiger partial charge >= 0.3 is 0 Å². The van der Waals surface area contributed by atoms with Crippen molar-refractivity contribution in [2.24, 2.45) is 0 Å². The van der Waals surface area contributed by atoms with E-state index in [4.69, 9.17) is 4.74 Å². The molecule has 1 aromatic heterocycles. The van der Waals surface area contributed by atoms with E-state index in [1.807, 2.05) is 6.07 Å². The van der Waals surface area contributed by atoms with Gasteiger partial charge in [-0.25, -0.2) is 4.98 Å². The Morgan fingerprint density at radius 3 is 2.93 bits per heavy atom. The predicted octanol–water partition coefficient (Wildman–Crippen LogP) is 1.38. The molecule has 0 spiro atoms. The number of halogens is 1. The highest BCUT2D eigenvalue weighted by molar-refractivity contribution is 9.10. The maximum atomic E-state index is 5.52. The van der Waals surface area contributed by atoms with Gasteiger partial charge in [0.15, 0.2) is 0 Å². The maximum absolute atomic E-state index is 5.52. The maximum Gasteiger partial charge on any atom is 0.109 e. The van der Waals surface area contributed by atoms with E-state index in [0.717, 1.165) is 24.1 Å². The van der Waals surface area contributed by atoms with E-state index in [1.54, 1.807) is 13.3 Å². The van der Waals surface area contributed by atoms with Gasteiger partial charge in [0.2, 0.25) is 0 Å². The lowest BCUT2D eigenvalue weighted by molar-refractivity contribution is -0.0503. The molecule has 0 amide bonds. The summed E-state index contributed by atoms with van der Waals surface area (Å²) in [6.07, 6.45) is 2.69. The van der Waals surface area contributed by atoms with E-state index in [2.05, 4.69) is 32.3 Å². The molecule has 1 aliphatic heterocycles. The quantitative estimate of drug-likeness (QED) is 0.830. The number of nitrogens with one attached hydrogen (secondary N) is 1. The van der Waals surface area contributed by atoms with Gasteiger partial charge in [-0.05, 0) is 27.6 Å². The fraction of sp³-hybridized carbons (Fsp3) is 0.500. The molecule has 1 saturated heterocycles. The number of methoxy groups -OCH3 is 1. The van der Waals surface area contributed by atoms with Gasteiger partial charge in [-0.15, -0.1) is 0 Å². The summed E-state index contributed by atoms with van der Waals surface area (Å²) in [5.74, 6) is 0. The van der Waals surface area contributed by atoms with Crippen LogP contribution in [-0.2, 0) is 11.2 Å². The zero-order chi connectivity index (χ0) is 10.0. The number of nitrogens with zero attached hydrogens (tertiary/aromatic N) is 1. The first-order chi connectivity index (χ1) is 6.76. The Morgan fingerprint density at radius 1 is 1.64 bits per heavy atom. The number of pyridine rings is 1. The number of ether oxygens (including phenoxy) is 1. The molecule has 76 valence electrons. The number of rotatable bonds is 3. The van der Waals surface area contributed by atoms with Crippen LogP contribution < -0.4 is 5.32 Å². The van der Waals surface area contributed by atoms with Crippen molar-refractivity contribution in [2.75, 3.05) is 20.2 Å². The Kier molecular flexibility index (Phi) is 2.85. The molecule has 14 heavy (non-hydrogen) atoms. The molecule has 0 aliphatic carbocycles. The van der Waals surface area contributed by atoms with Gasteiger partial charge in [0, 0.05) is 32.8 Å². The predicted molar refractivity (Wildman–Crippen MR) is 58.3 cm³/mol. The van der Waals surface area contributed by atoms with Crippen LogP contribution in [0.25, 0.3) is 0 Å². The lowest BCUT2D eigenvalue weighted by Gasteiger charge is -2.41. The van der Waals surface area contributed by atoms with Crippen LogP contribution in [0.1, 0.15) is 5.56 Å². The average Bonchev–Trinajstić information content (AvgIpc) is 2.14. The fourth-order valence-electron chi connectivity index (χ4n) is 1.64. The minimum absolute atomic E-state index is 0.0223. The summed E-state index contributed by atoms with van der Waals surface area (Å²) < 4.78 is 6.44. The zero-order valence-corrected chi connectivity index (χ0v) is 9.67. The standard InChI is InChI=1S/C10H13BrN2O/c1-14-10(6-12-7-10)5-8-3-2-4-13-9(8)11/h2-4,12H,5-7H2,1H3. The van der Waals surface area contributed by atoms with Crippen LogP contribution in [0, 0.1) is 0 Å². The smallest absolute Gasteiger partial charge is 0.109 e. The molecule has 0 atom stereocenters. The molecule has 0 unspecified atom stereocenters. The van der Waals surface area contributed by atoms with Crippen LogP contribution in [0.3, 0.4) is 0 Å². The molecule has 1 aliphatic rings. The SMILES string of the molecule is COC1(Cc2cccnc2Br)CNC1. The molecule has 1 aromatic rings. The largest absolute Gasteiger partial charge is 0.375 e. The summed E-state index contributed by atoms with van der Waals surface area (Å²) in [5.41, 5.74) is 1.18. The van der Waals surface area contributed by atoms with Crippen LogP contribution >= 0.6 is 15.9 Å². The fourth-order valence-corrected chi connectivity index (χ4v) is 2.03. The first kappa shape index (κ1) is 10.1. The lowest BCUT2D eigenvalue weighted by atomic mass is 9.89. The van der Waals surface area contributed by atoms with Crippen molar-refractivity contribution < 1.29 is 4.74 Å². The Labute approximate surface area is 92.0 Å². The van der Waals surface area contributed by atoms with Crippen LogP contribution in [0.4, 0.5) is 0 Å². The van der Waals surface area contributed by atoms with E-state index < -0.39 is 0 Å². The van der Waals surface area contributed by atoms with Crippen LogP contribution in [0.15, 0.2) is 22.9 Å².